The summed E-state index contributed by atoms with van der Waals surface area (Å²) >= 11 is 0. The zero-order chi connectivity index (χ0) is 16.8. The lowest BCUT2D eigenvalue weighted by molar-refractivity contribution is 0.388. The normalized spacial score (nSPS) is 15.8. The standard InChI is InChI=1S/C18H26N4O/c1-2-13-6-5-10-22(11-9-13)16(18(20)21)12-15(19)14-7-3-4-8-17(14)23/h3-4,7-9,12,23H,2,5-6,10-11,19-21H2,1H3/b15-12-. The summed E-state index contributed by atoms with van der Waals surface area (Å²) in [4.78, 5) is 2.13. The Hall–Kier alpha value is -2.56. The molecule has 1 aliphatic heterocycles. The van der Waals surface area contributed by atoms with Crippen LogP contribution in [0.4, 0.5) is 0 Å². The van der Waals surface area contributed by atoms with Crippen molar-refractivity contribution in [2.75, 3.05) is 13.1 Å². The number of phenolic OH excluding ortho intramolecular Hbond substituents is 1. The van der Waals surface area contributed by atoms with Gasteiger partial charge in [-0.2, -0.15) is 0 Å². The molecule has 1 aromatic carbocycles. The Labute approximate surface area is 137 Å². The van der Waals surface area contributed by atoms with Crippen molar-refractivity contribution in [3.8, 4) is 5.75 Å². The molecule has 0 atom stereocenters. The highest BCUT2D eigenvalue weighted by atomic mass is 16.3. The molecular weight excluding hydrogens is 288 g/mol. The Morgan fingerprint density at radius 3 is 2.65 bits per heavy atom. The largest absolute Gasteiger partial charge is 0.507 e. The van der Waals surface area contributed by atoms with E-state index in [1.165, 1.54) is 5.57 Å². The molecule has 5 nitrogen and oxygen atoms in total. The summed E-state index contributed by atoms with van der Waals surface area (Å²) in [5, 5.41) is 9.93. The topological polar surface area (TPSA) is 102 Å². The molecule has 0 unspecified atom stereocenters. The molecule has 0 spiro atoms. The highest BCUT2D eigenvalue weighted by Gasteiger charge is 2.14. The van der Waals surface area contributed by atoms with E-state index in [0.29, 0.717) is 17.0 Å². The van der Waals surface area contributed by atoms with Crippen LogP contribution in [0, 0.1) is 0 Å². The number of aromatic hydroxyl groups is 1. The van der Waals surface area contributed by atoms with Crippen LogP contribution in [0.2, 0.25) is 0 Å². The fraction of sp³-hybridized carbons (Fsp3) is 0.333. The molecule has 0 aliphatic carbocycles. The van der Waals surface area contributed by atoms with Crippen LogP contribution >= 0.6 is 0 Å². The zero-order valence-corrected chi connectivity index (χ0v) is 13.6. The predicted molar refractivity (Wildman–Crippen MR) is 94.9 cm³/mol. The van der Waals surface area contributed by atoms with Gasteiger partial charge < -0.3 is 27.2 Å². The Morgan fingerprint density at radius 2 is 2.00 bits per heavy atom. The van der Waals surface area contributed by atoms with Crippen molar-refractivity contribution in [1.29, 1.82) is 0 Å². The summed E-state index contributed by atoms with van der Waals surface area (Å²) in [5.41, 5.74) is 21.1. The maximum atomic E-state index is 9.93. The highest BCUT2D eigenvalue weighted by molar-refractivity contribution is 5.69. The molecule has 23 heavy (non-hydrogen) atoms. The van der Waals surface area contributed by atoms with Crippen LogP contribution in [0.15, 0.2) is 53.5 Å². The van der Waals surface area contributed by atoms with Gasteiger partial charge in [-0.3, -0.25) is 0 Å². The molecule has 0 aromatic heterocycles. The average Bonchev–Trinajstić information content (AvgIpc) is 2.77. The summed E-state index contributed by atoms with van der Waals surface area (Å²) in [7, 11) is 0. The molecule has 124 valence electrons. The molecule has 0 fully saturated rings. The van der Waals surface area contributed by atoms with E-state index in [1.807, 2.05) is 6.07 Å². The molecule has 1 aromatic rings. The fourth-order valence-electron chi connectivity index (χ4n) is 2.77. The maximum Gasteiger partial charge on any atom is 0.124 e. The van der Waals surface area contributed by atoms with Crippen LogP contribution in [0.5, 0.6) is 5.75 Å². The summed E-state index contributed by atoms with van der Waals surface area (Å²) in [6.07, 6.45) is 7.21. The number of nitrogens with zero attached hydrogens (tertiary/aromatic N) is 1. The van der Waals surface area contributed by atoms with E-state index < -0.39 is 0 Å². The van der Waals surface area contributed by atoms with E-state index in [4.69, 9.17) is 17.2 Å². The Balaban J connectivity index is 2.30. The smallest absolute Gasteiger partial charge is 0.124 e. The van der Waals surface area contributed by atoms with Crippen molar-refractivity contribution in [1.82, 2.24) is 4.90 Å². The fourth-order valence-corrected chi connectivity index (χ4v) is 2.77. The first-order chi connectivity index (χ1) is 11.0. The third kappa shape index (κ3) is 4.22. The van der Waals surface area contributed by atoms with Crippen LogP contribution in [-0.2, 0) is 0 Å². The van der Waals surface area contributed by atoms with Crippen molar-refractivity contribution < 1.29 is 5.11 Å². The van der Waals surface area contributed by atoms with Crippen molar-refractivity contribution >= 4 is 5.70 Å². The van der Waals surface area contributed by atoms with Crippen LogP contribution in [0.25, 0.3) is 5.70 Å². The molecule has 5 heteroatoms. The number of phenols is 1. The van der Waals surface area contributed by atoms with Crippen LogP contribution < -0.4 is 17.2 Å². The maximum absolute atomic E-state index is 9.93. The molecule has 1 aliphatic rings. The zero-order valence-electron chi connectivity index (χ0n) is 13.6. The molecular formula is C18H26N4O. The van der Waals surface area contributed by atoms with Gasteiger partial charge in [-0.25, -0.2) is 0 Å². The summed E-state index contributed by atoms with van der Waals surface area (Å²) in [5.74, 6) is 0.372. The SMILES string of the molecule is CCC1=CCN(C(/C=C(\N)c2ccccc2O)=C(N)N)CCC1. The van der Waals surface area contributed by atoms with Gasteiger partial charge in [0.1, 0.15) is 11.6 Å². The van der Waals surface area contributed by atoms with E-state index in [1.54, 1.807) is 24.3 Å². The monoisotopic (exact) mass is 314 g/mol. The lowest BCUT2D eigenvalue weighted by atomic mass is 10.1. The number of rotatable bonds is 4. The highest BCUT2D eigenvalue weighted by Crippen LogP contribution is 2.24. The van der Waals surface area contributed by atoms with Crippen molar-refractivity contribution in [2.24, 2.45) is 17.2 Å². The van der Waals surface area contributed by atoms with Gasteiger partial charge in [0, 0.05) is 24.4 Å². The molecule has 0 amide bonds. The van der Waals surface area contributed by atoms with Crippen molar-refractivity contribution in [2.45, 2.75) is 26.2 Å². The lowest BCUT2D eigenvalue weighted by Gasteiger charge is -2.24. The van der Waals surface area contributed by atoms with Crippen molar-refractivity contribution in [3.63, 3.8) is 0 Å². The van der Waals surface area contributed by atoms with Crippen LogP contribution in [0.1, 0.15) is 31.7 Å². The third-order valence-electron chi connectivity index (χ3n) is 4.12. The van der Waals surface area contributed by atoms with E-state index >= 15 is 0 Å². The lowest BCUT2D eigenvalue weighted by Crippen LogP contribution is -2.28. The first kappa shape index (κ1) is 16.8. The molecule has 1 heterocycles. The molecule has 7 N–H and O–H groups in total. The van der Waals surface area contributed by atoms with Crippen LogP contribution in [0.3, 0.4) is 0 Å². The first-order valence-electron chi connectivity index (χ1n) is 7.96. The van der Waals surface area contributed by atoms with E-state index in [2.05, 4.69) is 17.9 Å². The van der Waals surface area contributed by atoms with Gasteiger partial charge in [-0.1, -0.05) is 30.7 Å². The van der Waals surface area contributed by atoms with Gasteiger partial charge in [-0.15, -0.1) is 0 Å². The molecule has 0 bridgehead atoms. The summed E-state index contributed by atoms with van der Waals surface area (Å²) in [6, 6.07) is 6.95. The Bertz CT molecular complexity index is 642. The summed E-state index contributed by atoms with van der Waals surface area (Å²) in [6.45, 7) is 3.81. The molecule has 0 radical (unpaired) electrons. The van der Waals surface area contributed by atoms with Gasteiger partial charge in [-0.05, 0) is 37.5 Å². The van der Waals surface area contributed by atoms with Crippen LogP contribution in [-0.4, -0.2) is 23.1 Å². The minimum atomic E-state index is 0.139. The number of hydrogen-bond donors (Lipinski definition) is 4. The van der Waals surface area contributed by atoms with Gasteiger partial charge in [0.25, 0.3) is 0 Å². The number of allylic oxidation sites excluding steroid dienone is 2. The molecule has 0 saturated carbocycles. The quantitative estimate of drug-likeness (QED) is 0.504. The first-order valence-corrected chi connectivity index (χ1v) is 7.96. The third-order valence-corrected chi connectivity index (χ3v) is 4.12. The number of benzene rings is 1. The number of para-hydroxylation sites is 1. The van der Waals surface area contributed by atoms with Gasteiger partial charge in [0.15, 0.2) is 0 Å². The second kappa shape index (κ2) is 7.63. The van der Waals surface area contributed by atoms with Crippen molar-refractivity contribution in [3.05, 3.63) is 59.1 Å². The second-order valence-corrected chi connectivity index (χ2v) is 5.72. The Morgan fingerprint density at radius 1 is 1.26 bits per heavy atom. The predicted octanol–water partition coefficient (Wildman–Crippen LogP) is 2.21. The van der Waals surface area contributed by atoms with Gasteiger partial charge in [0.2, 0.25) is 0 Å². The molecule has 2 rings (SSSR count). The second-order valence-electron chi connectivity index (χ2n) is 5.72. The van der Waals surface area contributed by atoms with E-state index in [-0.39, 0.29) is 11.6 Å². The number of hydrogen-bond acceptors (Lipinski definition) is 5. The average molecular weight is 314 g/mol. The van der Waals surface area contributed by atoms with E-state index in [9.17, 15) is 5.11 Å². The summed E-state index contributed by atoms with van der Waals surface area (Å²) < 4.78 is 0. The van der Waals surface area contributed by atoms with E-state index in [0.717, 1.165) is 32.4 Å². The Kier molecular flexibility index (Phi) is 5.57. The minimum absolute atomic E-state index is 0.139. The van der Waals surface area contributed by atoms with Gasteiger partial charge in [0.05, 0.1) is 5.70 Å². The minimum Gasteiger partial charge on any atom is -0.507 e. The molecule has 0 saturated heterocycles. The van der Waals surface area contributed by atoms with Gasteiger partial charge >= 0.3 is 0 Å². The number of nitrogens with two attached hydrogens (primary N) is 3.